The Morgan fingerprint density at radius 2 is 2.12 bits per heavy atom. The summed E-state index contributed by atoms with van der Waals surface area (Å²) in [4.78, 5) is 24.1. The highest BCUT2D eigenvalue weighted by molar-refractivity contribution is 5.72. The maximum atomic E-state index is 10.6. The second kappa shape index (κ2) is 7.14. The van der Waals surface area contributed by atoms with Gasteiger partial charge in [0.05, 0.1) is 5.69 Å². The van der Waals surface area contributed by atoms with E-state index < -0.39 is 0 Å². The zero-order valence-corrected chi connectivity index (χ0v) is 9.64. The normalized spacial score (nSPS) is 9.94. The molecular formula is C13H14N2O2. The maximum absolute atomic E-state index is 10.6. The summed E-state index contributed by atoms with van der Waals surface area (Å²) < 4.78 is 0. The summed E-state index contributed by atoms with van der Waals surface area (Å²) >= 11 is 0. The molecule has 4 heteroatoms. The molecule has 0 aliphatic heterocycles. The summed E-state index contributed by atoms with van der Waals surface area (Å²) in [6.07, 6.45) is 6.21. The van der Waals surface area contributed by atoms with Crippen molar-refractivity contribution in [2.24, 2.45) is 4.99 Å². The van der Waals surface area contributed by atoms with E-state index in [-0.39, 0.29) is 5.91 Å². The minimum Gasteiger partial charge on any atom is -0.356 e. The molecule has 1 amide bonds. The van der Waals surface area contributed by atoms with Crippen LogP contribution in [-0.2, 0) is 9.59 Å². The Balaban J connectivity index is 2.43. The molecule has 1 aromatic carbocycles. The highest BCUT2D eigenvalue weighted by Crippen LogP contribution is 2.13. The molecule has 0 unspecified atom stereocenters. The number of nitrogens with one attached hydrogen (secondary N) is 1. The van der Waals surface area contributed by atoms with Gasteiger partial charge in [0.15, 0.2) is 0 Å². The summed E-state index contributed by atoms with van der Waals surface area (Å²) in [7, 11) is 0. The van der Waals surface area contributed by atoms with Gasteiger partial charge in [0.1, 0.15) is 0 Å². The molecule has 0 aliphatic carbocycles. The summed E-state index contributed by atoms with van der Waals surface area (Å²) in [5.41, 5.74) is 1.62. The van der Waals surface area contributed by atoms with Crippen molar-refractivity contribution in [3.8, 4) is 0 Å². The van der Waals surface area contributed by atoms with Gasteiger partial charge in [-0.05, 0) is 24.1 Å². The summed E-state index contributed by atoms with van der Waals surface area (Å²) in [6, 6.07) is 7.23. The first-order chi connectivity index (χ1) is 8.22. The summed E-state index contributed by atoms with van der Waals surface area (Å²) in [5, 5.41) is 2.71. The third-order valence-corrected chi connectivity index (χ3v) is 2.06. The van der Waals surface area contributed by atoms with Gasteiger partial charge in [-0.1, -0.05) is 24.3 Å². The molecule has 17 heavy (non-hydrogen) atoms. The molecule has 0 heterocycles. The molecule has 0 saturated carbocycles. The lowest BCUT2D eigenvalue weighted by Crippen LogP contribution is -2.20. The van der Waals surface area contributed by atoms with Crippen molar-refractivity contribution >= 4 is 23.8 Å². The minimum atomic E-state index is -0.0190. The number of carbonyl (C=O) groups excluding carboxylic acids is 2. The first-order valence-corrected chi connectivity index (χ1v) is 5.31. The number of nitrogens with zero attached hydrogens (tertiary/aromatic N) is 1. The summed E-state index contributed by atoms with van der Waals surface area (Å²) in [5.74, 6) is -0.0190. The van der Waals surface area contributed by atoms with Crippen LogP contribution in [0.2, 0.25) is 0 Å². The van der Waals surface area contributed by atoms with Crippen LogP contribution in [0.3, 0.4) is 0 Å². The number of isocyanates is 1. The number of rotatable bonds is 5. The molecule has 0 spiro atoms. The number of carbonyl (C=O) groups is 1. The van der Waals surface area contributed by atoms with Crippen LogP contribution in [0.4, 0.5) is 5.69 Å². The number of amides is 1. The van der Waals surface area contributed by atoms with Crippen molar-refractivity contribution in [2.45, 2.75) is 13.3 Å². The first kappa shape index (κ1) is 12.9. The average molecular weight is 230 g/mol. The molecule has 0 saturated heterocycles. The van der Waals surface area contributed by atoms with Crippen LogP contribution in [0, 0.1) is 0 Å². The predicted octanol–water partition coefficient (Wildman–Crippen LogP) is 2.19. The van der Waals surface area contributed by atoms with Crippen molar-refractivity contribution in [2.75, 3.05) is 6.54 Å². The van der Waals surface area contributed by atoms with E-state index in [4.69, 9.17) is 0 Å². The number of benzene rings is 1. The monoisotopic (exact) mass is 230 g/mol. The van der Waals surface area contributed by atoms with E-state index in [1.54, 1.807) is 12.1 Å². The van der Waals surface area contributed by atoms with Crippen molar-refractivity contribution in [1.29, 1.82) is 0 Å². The molecule has 1 rings (SSSR count). The maximum Gasteiger partial charge on any atom is 0.240 e. The van der Waals surface area contributed by atoms with Crippen LogP contribution in [0.15, 0.2) is 35.3 Å². The molecule has 0 aliphatic rings. The van der Waals surface area contributed by atoms with Crippen molar-refractivity contribution in [1.82, 2.24) is 5.32 Å². The van der Waals surface area contributed by atoms with Crippen LogP contribution in [0.25, 0.3) is 6.08 Å². The quantitative estimate of drug-likeness (QED) is 0.479. The molecule has 0 bridgehead atoms. The van der Waals surface area contributed by atoms with Crippen LogP contribution in [-0.4, -0.2) is 18.5 Å². The van der Waals surface area contributed by atoms with E-state index in [2.05, 4.69) is 10.3 Å². The Morgan fingerprint density at radius 1 is 1.41 bits per heavy atom. The Hall–Kier alpha value is -2.19. The van der Waals surface area contributed by atoms with Crippen LogP contribution >= 0.6 is 0 Å². The Labute approximate surface area is 100 Å². The predicted molar refractivity (Wildman–Crippen MR) is 66.6 cm³/mol. The van der Waals surface area contributed by atoms with Crippen LogP contribution in [0.5, 0.6) is 0 Å². The fraction of sp³-hybridized carbons (Fsp3) is 0.231. The van der Waals surface area contributed by atoms with E-state index in [1.165, 1.54) is 13.0 Å². The van der Waals surface area contributed by atoms with Crippen LogP contribution in [0.1, 0.15) is 18.9 Å². The zero-order chi connectivity index (χ0) is 12.5. The van der Waals surface area contributed by atoms with Gasteiger partial charge in [0, 0.05) is 13.5 Å². The lowest BCUT2D eigenvalue weighted by molar-refractivity contribution is -0.118. The van der Waals surface area contributed by atoms with E-state index in [1.807, 2.05) is 24.3 Å². The van der Waals surface area contributed by atoms with E-state index >= 15 is 0 Å². The zero-order valence-electron chi connectivity index (χ0n) is 9.64. The molecule has 0 atom stereocenters. The fourth-order valence-electron chi connectivity index (χ4n) is 1.26. The molecule has 0 fully saturated rings. The van der Waals surface area contributed by atoms with E-state index in [0.29, 0.717) is 12.2 Å². The Morgan fingerprint density at radius 3 is 2.71 bits per heavy atom. The van der Waals surface area contributed by atoms with Gasteiger partial charge in [0.25, 0.3) is 0 Å². The van der Waals surface area contributed by atoms with Gasteiger partial charge >= 0.3 is 0 Å². The first-order valence-electron chi connectivity index (χ1n) is 5.31. The van der Waals surface area contributed by atoms with Gasteiger partial charge in [-0.3, -0.25) is 4.79 Å². The molecule has 0 radical (unpaired) electrons. The smallest absolute Gasteiger partial charge is 0.240 e. The Bertz CT molecular complexity index is 443. The largest absolute Gasteiger partial charge is 0.356 e. The molecule has 4 nitrogen and oxygen atoms in total. The van der Waals surface area contributed by atoms with Crippen molar-refractivity contribution in [3.63, 3.8) is 0 Å². The van der Waals surface area contributed by atoms with Gasteiger partial charge in [0.2, 0.25) is 12.0 Å². The third kappa shape index (κ3) is 5.44. The minimum absolute atomic E-state index is 0.0190. The van der Waals surface area contributed by atoms with Gasteiger partial charge in [-0.25, -0.2) is 4.79 Å². The van der Waals surface area contributed by atoms with Gasteiger partial charge < -0.3 is 5.32 Å². The van der Waals surface area contributed by atoms with E-state index in [0.717, 1.165) is 12.0 Å². The number of aliphatic imine (C=N–C) groups is 1. The molecule has 1 aromatic rings. The van der Waals surface area contributed by atoms with Crippen molar-refractivity contribution in [3.05, 3.63) is 35.9 Å². The number of hydrogen-bond donors (Lipinski definition) is 1. The van der Waals surface area contributed by atoms with Crippen molar-refractivity contribution < 1.29 is 9.59 Å². The lowest BCUT2D eigenvalue weighted by atomic mass is 10.2. The van der Waals surface area contributed by atoms with Gasteiger partial charge in [-0.15, -0.1) is 0 Å². The highest BCUT2D eigenvalue weighted by atomic mass is 16.1. The highest BCUT2D eigenvalue weighted by Gasteiger charge is 1.90. The van der Waals surface area contributed by atoms with Gasteiger partial charge in [-0.2, -0.15) is 4.99 Å². The summed E-state index contributed by atoms with van der Waals surface area (Å²) in [6.45, 7) is 2.13. The molecule has 0 aromatic heterocycles. The van der Waals surface area contributed by atoms with E-state index in [9.17, 15) is 9.59 Å². The second-order valence-electron chi connectivity index (χ2n) is 3.47. The molecule has 1 N–H and O–H groups in total. The van der Waals surface area contributed by atoms with Crippen LogP contribution < -0.4 is 5.32 Å². The average Bonchev–Trinajstić information content (AvgIpc) is 2.31. The Kier molecular flexibility index (Phi) is 5.41. The lowest BCUT2D eigenvalue weighted by Gasteiger charge is -1.97. The molecule has 88 valence electrons. The standard InChI is InChI=1S/C13H14N2O2/c1-11(17)14-9-3-2-4-12-5-7-13(8-6-12)15-10-16/h2,4-8H,3,9H2,1H3,(H,14,17). The topological polar surface area (TPSA) is 58.5 Å². The second-order valence-corrected chi connectivity index (χ2v) is 3.47. The molecular weight excluding hydrogens is 216 g/mol. The SMILES string of the molecule is CC(=O)NCCC=Cc1ccc(N=C=O)cc1. The fourth-order valence-corrected chi connectivity index (χ4v) is 1.26. The third-order valence-electron chi connectivity index (χ3n) is 2.06. The number of hydrogen-bond acceptors (Lipinski definition) is 3.